The molecule has 0 aromatic heterocycles. The van der Waals surface area contributed by atoms with Crippen molar-refractivity contribution in [1.82, 2.24) is 19.6 Å². The summed E-state index contributed by atoms with van der Waals surface area (Å²) in [6.45, 7) is 37.9. The molecule has 0 amide bonds. The monoisotopic (exact) mass is 1700 g/mol. The van der Waals surface area contributed by atoms with Crippen molar-refractivity contribution in [2.45, 2.75) is 481 Å². The highest BCUT2D eigenvalue weighted by Crippen LogP contribution is 2.24. The molecule has 4 unspecified atom stereocenters. The van der Waals surface area contributed by atoms with Crippen LogP contribution in [0.4, 0.5) is 9.59 Å². The standard InChI is InChI=1S/C50H98N2O7.C38H76N2O6.C12H24O2/c1-7-13-17-21-23-24-25-27-31-37-48(53)56-43-41-52(40-39-51(11-5)12-6)42-44-57-50(55)59-47(35-30-20-16-10-4)36-32-38-49(54)58-45-46(33-28-19-15-9-3)34-29-26-22-18-14-8-2;1-6-11-14-17-18-20-24-35(23-19-15-12-7-2)34-45-37(42)27-22-26-36(25-21-16-13-8-3)46-38(43)44-33-31-40(30-32-41)29-28-39(9-4)10-5;1-2-3-4-5-6-7-8-9-10-11-12(13)14/h46-47H,7-45H2,1-6H3;35-36,41H,6-34H2,1-5H3;2-11H2,1H3,(H,13,14). The first-order valence-electron chi connectivity index (χ1n) is 50.9. The Morgan fingerprint density at radius 1 is 0.244 bits per heavy atom. The first-order chi connectivity index (χ1) is 58.0. The van der Waals surface area contributed by atoms with E-state index in [-0.39, 0.29) is 49.9 Å². The van der Waals surface area contributed by atoms with Gasteiger partial charge >= 0.3 is 36.2 Å². The number of carboxylic acid groups (broad SMARTS) is 1. The molecule has 0 heterocycles. The van der Waals surface area contributed by atoms with Crippen molar-refractivity contribution in [2.24, 2.45) is 11.8 Å². The number of unbranched alkanes of at least 4 members (excludes halogenated alkanes) is 38. The average Bonchev–Trinajstić information content (AvgIpc) is 0.956. The third-order valence-electron chi connectivity index (χ3n) is 23.5. The van der Waals surface area contributed by atoms with Gasteiger partial charge in [-0.05, 0) is 128 Å². The Morgan fingerprint density at radius 2 is 0.479 bits per heavy atom. The number of esters is 3. The van der Waals surface area contributed by atoms with Crippen LogP contribution in [0.15, 0.2) is 0 Å². The third kappa shape index (κ3) is 88.9. The molecule has 19 nitrogen and oxygen atoms in total. The number of aliphatic carboxylic acids is 1. The van der Waals surface area contributed by atoms with Gasteiger partial charge in [0, 0.05) is 78.0 Å². The van der Waals surface area contributed by atoms with Crippen LogP contribution in [0.3, 0.4) is 0 Å². The van der Waals surface area contributed by atoms with E-state index >= 15 is 0 Å². The van der Waals surface area contributed by atoms with Gasteiger partial charge in [-0.2, -0.15) is 0 Å². The summed E-state index contributed by atoms with van der Waals surface area (Å²) in [7, 11) is 0. The zero-order chi connectivity index (χ0) is 88.2. The van der Waals surface area contributed by atoms with Gasteiger partial charge in [-0.3, -0.25) is 29.0 Å². The number of carbonyl (C=O) groups is 6. The highest BCUT2D eigenvalue weighted by molar-refractivity contribution is 5.70. The molecule has 0 aromatic carbocycles. The van der Waals surface area contributed by atoms with Gasteiger partial charge < -0.3 is 53.2 Å². The summed E-state index contributed by atoms with van der Waals surface area (Å²) in [6.07, 6.45) is 64.6. The van der Waals surface area contributed by atoms with Gasteiger partial charge in [0.15, 0.2) is 0 Å². The van der Waals surface area contributed by atoms with E-state index in [0.717, 1.165) is 168 Å². The normalized spacial score (nSPS) is 12.4. The molecular formula is C100H198N4O15. The zero-order valence-corrected chi connectivity index (χ0v) is 80.5. The highest BCUT2D eigenvalue weighted by Gasteiger charge is 2.22. The van der Waals surface area contributed by atoms with Crippen LogP contribution in [0.1, 0.15) is 468 Å². The maximum Gasteiger partial charge on any atom is 0.508 e. The van der Waals surface area contributed by atoms with Crippen LogP contribution >= 0.6 is 0 Å². The van der Waals surface area contributed by atoms with Gasteiger partial charge in [0.25, 0.3) is 0 Å². The van der Waals surface area contributed by atoms with Crippen molar-refractivity contribution in [3.05, 3.63) is 0 Å². The average molecular weight is 1700 g/mol. The predicted octanol–water partition coefficient (Wildman–Crippen LogP) is 26.8. The summed E-state index contributed by atoms with van der Waals surface area (Å²) < 4.78 is 39.9. The molecule has 0 rings (SSSR count). The van der Waals surface area contributed by atoms with Crippen molar-refractivity contribution >= 4 is 36.2 Å². The second-order valence-electron chi connectivity index (χ2n) is 34.3. The first kappa shape index (κ1) is 119. The molecular weight excluding hydrogens is 1500 g/mol. The maximum absolute atomic E-state index is 12.9. The number of likely N-dealkylation sites (N-methyl/N-ethyl adjacent to an activating group) is 2. The Morgan fingerprint density at radius 3 is 0.782 bits per heavy atom. The predicted molar refractivity (Wildman–Crippen MR) is 498 cm³/mol. The van der Waals surface area contributed by atoms with Crippen LogP contribution in [0.25, 0.3) is 0 Å². The Hall–Kier alpha value is -3.78. The van der Waals surface area contributed by atoms with Crippen molar-refractivity contribution < 1.29 is 72.1 Å². The van der Waals surface area contributed by atoms with E-state index in [4.69, 9.17) is 38.3 Å². The van der Waals surface area contributed by atoms with Crippen LogP contribution in [0, 0.1) is 11.8 Å². The minimum Gasteiger partial charge on any atom is -0.481 e. The second kappa shape index (κ2) is 96.4. The van der Waals surface area contributed by atoms with E-state index in [9.17, 15) is 33.9 Å². The van der Waals surface area contributed by atoms with Crippen LogP contribution in [0.5, 0.6) is 0 Å². The van der Waals surface area contributed by atoms with Crippen LogP contribution in [-0.4, -0.2) is 196 Å². The first-order valence-corrected chi connectivity index (χ1v) is 50.9. The number of hydrogen-bond donors (Lipinski definition) is 2. The van der Waals surface area contributed by atoms with Gasteiger partial charge in [0.05, 0.1) is 19.8 Å². The number of hydrogen-bond acceptors (Lipinski definition) is 18. The molecule has 708 valence electrons. The van der Waals surface area contributed by atoms with Crippen LogP contribution in [0.2, 0.25) is 0 Å². The number of carboxylic acids is 1. The lowest BCUT2D eigenvalue weighted by Gasteiger charge is -2.26. The second-order valence-corrected chi connectivity index (χ2v) is 34.3. The van der Waals surface area contributed by atoms with E-state index in [1.54, 1.807) is 0 Å². The largest absolute Gasteiger partial charge is 0.508 e. The van der Waals surface area contributed by atoms with Gasteiger partial charge in [0.1, 0.15) is 32.0 Å². The topological polar surface area (TPSA) is 220 Å². The number of nitrogens with zero attached hydrogens (tertiary/aromatic N) is 4. The number of aliphatic hydroxyl groups excluding tert-OH is 1. The molecule has 0 radical (unpaired) electrons. The van der Waals surface area contributed by atoms with Crippen LogP contribution in [-0.2, 0) is 52.3 Å². The molecule has 0 fully saturated rings. The van der Waals surface area contributed by atoms with E-state index in [1.165, 1.54) is 218 Å². The molecule has 119 heavy (non-hydrogen) atoms. The van der Waals surface area contributed by atoms with Crippen molar-refractivity contribution in [3.63, 3.8) is 0 Å². The number of aliphatic hydroxyl groups is 1. The summed E-state index contributed by atoms with van der Waals surface area (Å²) in [5, 5.41) is 17.9. The van der Waals surface area contributed by atoms with Gasteiger partial charge in [-0.1, -0.05) is 353 Å². The van der Waals surface area contributed by atoms with Crippen molar-refractivity contribution in [2.75, 3.05) is 118 Å². The SMILES string of the molecule is CCCCCCCCC(CCCCCC)COC(=O)CCCC(CCCCCC)OC(=O)OCCN(CCO)CCN(CC)CC.CCCCCCCCCCCC(=O)O.CCCCCCCCCCCC(=O)OCCN(CCOC(=O)OC(CCCCCC)CCCC(=O)OCC(CCCCCC)CCCCCCCC)CCN(CC)CC. The molecule has 0 aromatic rings. The number of carbonyl (C=O) groups excluding carboxylic acids is 5. The van der Waals surface area contributed by atoms with Crippen molar-refractivity contribution in [3.8, 4) is 0 Å². The number of ether oxygens (including phenoxy) is 7. The Bertz CT molecular complexity index is 2140. The fourth-order valence-electron chi connectivity index (χ4n) is 15.2. The molecule has 4 atom stereocenters. The van der Waals surface area contributed by atoms with Gasteiger partial charge in [-0.25, -0.2) is 9.59 Å². The molecule has 0 bridgehead atoms. The quantitative estimate of drug-likeness (QED) is 0.0328. The fourth-order valence-corrected chi connectivity index (χ4v) is 15.2. The van der Waals surface area contributed by atoms with Crippen molar-refractivity contribution in [1.29, 1.82) is 0 Å². The molecule has 19 heteroatoms. The summed E-state index contributed by atoms with van der Waals surface area (Å²) >= 11 is 0. The summed E-state index contributed by atoms with van der Waals surface area (Å²) in [6, 6.07) is 0. The highest BCUT2D eigenvalue weighted by atomic mass is 16.7. The van der Waals surface area contributed by atoms with E-state index < -0.39 is 18.3 Å². The Kier molecular flexibility index (Phi) is 96.7. The Labute approximate surface area is 734 Å². The number of rotatable bonds is 89. The molecule has 0 spiro atoms. The lowest BCUT2D eigenvalue weighted by Crippen LogP contribution is -2.39. The zero-order valence-electron chi connectivity index (χ0n) is 80.5. The smallest absolute Gasteiger partial charge is 0.481 e. The summed E-state index contributed by atoms with van der Waals surface area (Å²) in [5.74, 6) is -0.153. The molecule has 2 N–H and O–H groups in total. The molecule has 0 aliphatic heterocycles. The lowest BCUT2D eigenvalue weighted by molar-refractivity contribution is -0.146. The maximum atomic E-state index is 12.9. The summed E-state index contributed by atoms with van der Waals surface area (Å²) in [4.78, 5) is 82.7. The Balaban J connectivity index is -0.00000198. The lowest BCUT2D eigenvalue weighted by atomic mass is 9.95. The molecule has 0 aliphatic carbocycles. The van der Waals surface area contributed by atoms with E-state index in [2.05, 4.69) is 103 Å². The summed E-state index contributed by atoms with van der Waals surface area (Å²) in [5.41, 5.74) is 0. The molecule has 0 saturated carbocycles. The molecule has 0 saturated heterocycles. The van der Waals surface area contributed by atoms with Crippen LogP contribution < -0.4 is 0 Å². The third-order valence-corrected chi connectivity index (χ3v) is 23.5. The minimum absolute atomic E-state index is 0.0731. The van der Waals surface area contributed by atoms with E-state index in [0.29, 0.717) is 109 Å². The van der Waals surface area contributed by atoms with E-state index in [1.807, 2.05) is 0 Å². The fraction of sp³-hybridized carbons (Fsp3) is 0.940. The minimum atomic E-state index is -0.659. The van der Waals surface area contributed by atoms with Gasteiger partial charge in [-0.15, -0.1) is 0 Å². The molecule has 0 aliphatic rings. The van der Waals surface area contributed by atoms with Gasteiger partial charge in [0.2, 0.25) is 0 Å².